The molecular formula is C28H30N4O5. The van der Waals surface area contributed by atoms with Crippen molar-refractivity contribution in [2.45, 2.75) is 25.3 Å². The van der Waals surface area contributed by atoms with E-state index in [1.807, 2.05) is 59.8 Å². The Kier molecular flexibility index (Phi) is 7.11. The second-order valence-corrected chi connectivity index (χ2v) is 8.91. The number of likely N-dealkylation sites (tertiary alicyclic amines) is 1. The van der Waals surface area contributed by atoms with Gasteiger partial charge in [0, 0.05) is 43.5 Å². The molecule has 4 aromatic rings. The minimum Gasteiger partial charge on any atom is -0.493 e. The van der Waals surface area contributed by atoms with Gasteiger partial charge in [-0.2, -0.15) is 0 Å². The maximum atomic E-state index is 13.3. The van der Waals surface area contributed by atoms with Crippen LogP contribution in [-0.4, -0.2) is 59.8 Å². The lowest BCUT2D eigenvalue weighted by Crippen LogP contribution is -2.38. The summed E-state index contributed by atoms with van der Waals surface area (Å²) in [6, 6.07) is 13.5. The van der Waals surface area contributed by atoms with Crippen LogP contribution in [0.15, 0.2) is 65.7 Å². The van der Waals surface area contributed by atoms with Crippen molar-refractivity contribution in [1.82, 2.24) is 19.4 Å². The number of carbonyl (C=O) groups is 1. The first kappa shape index (κ1) is 24.4. The molecule has 0 spiro atoms. The van der Waals surface area contributed by atoms with Crippen LogP contribution in [0.2, 0.25) is 0 Å². The molecule has 37 heavy (non-hydrogen) atoms. The largest absolute Gasteiger partial charge is 0.493 e. The number of aromatic nitrogens is 3. The zero-order valence-corrected chi connectivity index (χ0v) is 21.2. The first-order chi connectivity index (χ1) is 18.1. The number of imidazole rings is 1. The van der Waals surface area contributed by atoms with Gasteiger partial charge in [-0.3, -0.25) is 4.79 Å². The highest BCUT2D eigenvalue weighted by Crippen LogP contribution is 2.39. The van der Waals surface area contributed by atoms with Crippen molar-refractivity contribution < 1.29 is 23.4 Å². The van der Waals surface area contributed by atoms with E-state index in [1.165, 1.54) is 6.39 Å². The number of ether oxygens (including phenoxy) is 3. The maximum absolute atomic E-state index is 13.3. The summed E-state index contributed by atoms with van der Waals surface area (Å²) in [4.78, 5) is 24.0. The van der Waals surface area contributed by atoms with Gasteiger partial charge in [0.05, 0.1) is 21.3 Å². The number of rotatable bonds is 8. The molecule has 1 saturated heterocycles. The number of amides is 1. The minimum absolute atomic E-state index is 0.105. The Morgan fingerprint density at radius 1 is 1.00 bits per heavy atom. The molecule has 192 valence electrons. The van der Waals surface area contributed by atoms with Crippen molar-refractivity contribution in [2.24, 2.45) is 0 Å². The average Bonchev–Trinajstić information content (AvgIpc) is 3.63. The van der Waals surface area contributed by atoms with E-state index in [9.17, 15) is 4.79 Å². The molecule has 0 N–H and O–H groups in total. The van der Waals surface area contributed by atoms with Gasteiger partial charge in [0.25, 0.3) is 5.91 Å². The summed E-state index contributed by atoms with van der Waals surface area (Å²) in [5.41, 5.74) is 2.21. The zero-order valence-electron chi connectivity index (χ0n) is 21.2. The van der Waals surface area contributed by atoms with Crippen LogP contribution in [0.1, 0.15) is 40.6 Å². The van der Waals surface area contributed by atoms with Crippen LogP contribution < -0.4 is 14.2 Å². The van der Waals surface area contributed by atoms with Crippen LogP contribution in [0.4, 0.5) is 0 Å². The third-order valence-corrected chi connectivity index (χ3v) is 6.78. The Bertz CT molecular complexity index is 1330. The monoisotopic (exact) mass is 502 g/mol. The van der Waals surface area contributed by atoms with E-state index < -0.39 is 0 Å². The number of nitrogens with zero attached hydrogens (tertiary/aromatic N) is 4. The normalized spacial score (nSPS) is 14.0. The summed E-state index contributed by atoms with van der Waals surface area (Å²) < 4.78 is 24.2. The fraction of sp³-hybridized carbons (Fsp3) is 0.321. The molecule has 2 aromatic heterocycles. The van der Waals surface area contributed by atoms with E-state index in [-0.39, 0.29) is 11.8 Å². The fourth-order valence-corrected chi connectivity index (χ4v) is 4.92. The van der Waals surface area contributed by atoms with Gasteiger partial charge in [-0.1, -0.05) is 30.3 Å². The van der Waals surface area contributed by atoms with Crippen LogP contribution in [-0.2, 0) is 6.54 Å². The number of oxazole rings is 1. The van der Waals surface area contributed by atoms with E-state index in [1.54, 1.807) is 21.3 Å². The van der Waals surface area contributed by atoms with Crippen molar-refractivity contribution in [3.63, 3.8) is 0 Å². The zero-order chi connectivity index (χ0) is 25.8. The lowest BCUT2D eigenvalue weighted by molar-refractivity contribution is 0.0705. The second kappa shape index (κ2) is 10.8. The van der Waals surface area contributed by atoms with E-state index in [0.29, 0.717) is 48.3 Å². The number of carbonyl (C=O) groups excluding carboxylic acids is 1. The smallest absolute Gasteiger partial charge is 0.276 e. The maximum Gasteiger partial charge on any atom is 0.276 e. The first-order valence-electron chi connectivity index (χ1n) is 12.2. The third-order valence-electron chi connectivity index (χ3n) is 6.78. The van der Waals surface area contributed by atoms with Gasteiger partial charge < -0.3 is 28.1 Å². The lowest BCUT2D eigenvalue weighted by Gasteiger charge is -2.31. The van der Waals surface area contributed by atoms with E-state index >= 15 is 0 Å². The highest BCUT2D eigenvalue weighted by atomic mass is 16.5. The van der Waals surface area contributed by atoms with Crippen molar-refractivity contribution in [2.75, 3.05) is 34.4 Å². The molecule has 2 aromatic carbocycles. The molecular weight excluding hydrogens is 472 g/mol. The van der Waals surface area contributed by atoms with Crippen LogP contribution in [0, 0.1) is 0 Å². The summed E-state index contributed by atoms with van der Waals surface area (Å²) >= 11 is 0. The molecule has 1 aliphatic rings. The molecule has 1 fully saturated rings. The molecule has 1 aliphatic heterocycles. The van der Waals surface area contributed by atoms with Crippen LogP contribution in [0.3, 0.4) is 0 Å². The van der Waals surface area contributed by atoms with Crippen LogP contribution in [0.25, 0.3) is 11.3 Å². The van der Waals surface area contributed by atoms with Gasteiger partial charge in [-0.25, -0.2) is 9.97 Å². The highest BCUT2D eigenvalue weighted by Gasteiger charge is 2.30. The van der Waals surface area contributed by atoms with Crippen molar-refractivity contribution in [3.05, 3.63) is 78.3 Å². The molecule has 3 heterocycles. The van der Waals surface area contributed by atoms with Gasteiger partial charge in [-0.15, -0.1) is 0 Å². The number of methoxy groups -OCH3 is 3. The molecule has 0 aliphatic carbocycles. The topological polar surface area (TPSA) is 91.9 Å². The van der Waals surface area contributed by atoms with Crippen molar-refractivity contribution in [1.29, 1.82) is 0 Å². The SMILES string of the molecule is COc1cc(Cn2ccnc2C2CCN(C(=O)c3ncoc3-c3ccccc3)CC2)cc(OC)c1OC. The molecule has 0 atom stereocenters. The number of benzene rings is 2. The number of hydrogen-bond acceptors (Lipinski definition) is 7. The average molecular weight is 503 g/mol. The predicted octanol–water partition coefficient (Wildman–Crippen LogP) is 4.63. The van der Waals surface area contributed by atoms with E-state index in [0.717, 1.165) is 29.8 Å². The van der Waals surface area contributed by atoms with Gasteiger partial charge in [0.15, 0.2) is 29.3 Å². The molecule has 9 heteroatoms. The molecule has 0 bridgehead atoms. The van der Waals surface area contributed by atoms with Crippen molar-refractivity contribution in [3.8, 4) is 28.6 Å². The van der Waals surface area contributed by atoms with Crippen LogP contribution >= 0.6 is 0 Å². The molecule has 0 saturated carbocycles. The molecule has 1 amide bonds. The fourth-order valence-electron chi connectivity index (χ4n) is 4.92. The molecule has 9 nitrogen and oxygen atoms in total. The Morgan fingerprint density at radius 2 is 1.70 bits per heavy atom. The third kappa shape index (κ3) is 4.89. The lowest BCUT2D eigenvalue weighted by atomic mass is 9.95. The Morgan fingerprint density at radius 3 is 2.35 bits per heavy atom. The summed E-state index contributed by atoms with van der Waals surface area (Å²) in [6.07, 6.45) is 6.78. The summed E-state index contributed by atoms with van der Waals surface area (Å²) in [5, 5.41) is 0. The summed E-state index contributed by atoms with van der Waals surface area (Å²) in [6.45, 7) is 1.87. The van der Waals surface area contributed by atoms with Gasteiger partial charge in [0.2, 0.25) is 5.75 Å². The van der Waals surface area contributed by atoms with Crippen molar-refractivity contribution >= 4 is 5.91 Å². The second-order valence-electron chi connectivity index (χ2n) is 8.91. The number of piperidine rings is 1. The molecule has 0 unspecified atom stereocenters. The highest BCUT2D eigenvalue weighted by molar-refractivity contribution is 5.97. The Labute approximate surface area is 215 Å². The van der Waals surface area contributed by atoms with E-state index in [2.05, 4.69) is 14.5 Å². The van der Waals surface area contributed by atoms with Gasteiger partial charge in [0.1, 0.15) is 5.82 Å². The quantitative estimate of drug-likeness (QED) is 0.347. The summed E-state index contributed by atoms with van der Waals surface area (Å²) in [7, 11) is 4.82. The van der Waals surface area contributed by atoms with E-state index in [4.69, 9.17) is 18.6 Å². The predicted molar refractivity (Wildman–Crippen MR) is 137 cm³/mol. The molecule has 0 radical (unpaired) electrons. The Balaban J connectivity index is 1.28. The first-order valence-corrected chi connectivity index (χ1v) is 12.2. The van der Waals surface area contributed by atoms with Gasteiger partial charge >= 0.3 is 0 Å². The van der Waals surface area contributed by atoms with Gasteiger partial charge in [-0.05, 0) is 30.5 Å². The minimum atomic E-state index is -0.105. The standard InChI is InChI=1S/C28H30N4O5/c1-34-22-15-19(16-23(35-2)26(22)36-3)17-32-14-11-29-27(32)21-9-12-31(13-10-21)28(33)24-25(37-18-30-24)20-7-5-4-6-8-20/h4-8,11,14-16,18,21H,9-10,12-13,17H2,1-3H3. The summed E-state index contributed by atoms with van der Waals surface area (Å²) in [5.74, 6) is 3.46. The molecule has 5 rings (SSSR count). The van der Waals surface area contributed by atoms with Crippen LogP contribution in [0.5, 0.6) is 17.2 Å². The Hall–Kier alpha value is -4.27. The number of hydrogen-bond donors (Lipinski definition) is 0.